The molecule has 0 atom stereocenters. The Kier molecular flexibility index (Phi) is 2.68. The van der Waals surface area contributed by atoms with E-state index in [0.29, 0.717) is 6.54 Å². The first-order chi connectivity index (χ1) is 5.24. The van der Waals surface area contributed by atoms with Gasteiger partial charge in [-0.2, -0.15) is 0 Å². The molecule has 0 amide bonds. The SMILES string of the molecule is CN(C)Cc1ccoc1CN. The van der Waals surface area contributed by atoms with Gasteiger partial charge in [-0.05, 0) is 20.2 Å². The van der Waals surface area contributed by atoms with E-state index in [4.69, 9.17) is 10.2 Å². The zero-order valence-electron chi connectivity index (χ0n) is 7.00. The third-order valence-corrected chi connectivity index (χ3v) is 1.51. The van der Waals surface area contributed by atoms with Gasteiger partial charge in [-0.3, -0.25) is 0 Å². The second-order valence-electron chi connectivity index (χ2n) is 2.81. The van der Waals surface area contributed by atoms with Gasteiger partial charge in [0.15, 0.2) is 0 Å². The Hall–Kier alpha value is -0.800. The van der Waals surface area contributed by atoms with Crippen LogP contribution in [0.1, 0.15) is 11.3 Å². The van der Waals surface area contributed by atoms with Gasteiger partial charge in [0.1, 0.15) is 5.76 Å². The fraction of sp³-hybridized carbons (Fsp3) is 0.500. The maximum Gasteiger partial charge on any atom is 0.121 e. The highest BCUT2D eigenvalue weighted by Crippen LogP contribution is 2.10. The van der Waals surface area contributed by atoms with Crippen molar-refractivity contribution >= 4 is 0 Å². The Morgan fingerprint density at radius 2 is 2.27 bits per heavy atom. The highest BCUT2D eigenvalue weighted by atomic mass is 16.3. The van der Waals surface area contributed by atoms with Crippen LogP contribution >= 0.6 is 0 Å². The number of furan rings is 1. The van der Waals surface area contributed by atoms with Crippen molar-refractivity contribution in [3.8, 4) is 0 Å². The summed E-state index contributed by atoms with van der Waals surface area (Å²) in [6.07, 6.45) is 1.68. The van der Waals surface area contributed by atoms with Crippen molar-refractivity contribution in [2.24, 2.45) is 5.73 Å². The average molecular weight is 154 g/mol. The predicted octanol–water partition coefficient (Wildman–Crippen LogP) is 0.800. The molecule has 1 rings (SSSR count). The molecule has 0 spiro atoms. The number of hydrogen-bond donors (Lipinski definition) is 1. The lowest BCUT2D eigenvalue weighted by atomic mass is 10.2. The molecule has 3 nitrogen and oxygen atoms in total. The number of nitrogens with two attached hydrogens (primary N) is 1. The van der Waals surface area contributed by atoms with Crippen LogP contribution in [0, 0.1) is 0 Å². The maximum atomic E-state index is 5.46. The van der Waals surface area contributed by atoms with E-state index < -0.39 is 0 Å². The first kappa shape index (κ1) is 8.30. The van der Waals surface area contributed by atoms with Crippen molar-refractivity contribution in [1.82, 2.24) is 4.90 Å². The highest BCUT2D eigenvalue weighted by molar-refractivity contribution is 5.16. The summed E-state index contributed by atoms with van der Waals surface area (Å²) < 4.78 is 5.16. The molecule has 0 saturated heterocycles. The maximum absolute atomic E-state index is 5.46. The Bertz CT molecular complexity index is 218. The first-order valence-electron chi connectivity index (χ1n) is 3.64. The van der Waals surface area contributed by atoms with Gasteiger partial charge in [0.2, 0.25) is 0 Å². The Morgan fingerprint density at radius 3 is 2.82 bits per heavy atom. The summed E-state index contributed by atoms with van der Waals surface area (Å²) in [5.41, 5.74) is 6.64. The minimum atomic E-state index is 0.482. The van der Waals surface area contributed by atoms with Gasteiger partial charge in [0.05, 0.1) is 12.8 Å². The van der Waals surface area contributed by atoms with Crippen LogP contribution in [0.15, 0.2) is 16.7 Å². The molecule has 1 aromatic heterocycles. The molecule has 62 valence electrons. The quantitative estimate of drug-likeness (QED) is 0.700. The van der Waals surface area contributed by atoms with Gasteiger partial charge >= 0.3 is 0 Å². The molecule has 1 aromatic rings. The average Bonchev–Trinajstić information content (AvgIpc) is 2.34. The van der Waals surface area contributed by atoms with Crippen molar-refractivity contribution in [3.63, 3.8) is 0 Å². The summed E-state index contributed by atoms with van der Waals surface area (Å²) in [6.45, 7) is 1.37. The third-order valence-electron chi connectivity index (χ3n) is 1.51. The molecule has 11 heavy (non-hydrogen) atoms. The molecule has 0 radical (unpaired) electrons. The van der Waals surface area contributed by atoms with Crippen LogP contribution < -0.4 is 5.73 Å². The largest absolute Gasteiger partial charge is 0.468 e. The standard InChI is InChI=1S/C8H14N2O/c1-10(2)6-7-3-4-11-8(7)5-9/h3-4H,5-6,9H2,1-2H3. The molecule has 0 saturated carbocycles. The van der Waals surface area contributed by atoms with Gasteiger partial charge in [0, 0.05) is 12.1 Å². The molecule has 1 heterocycles. The van der Waals surface area contributed by atoms with Crippen LogP contribution in [-0.4, -0.2) is 19.0 Å². The molecule has 0 fully saturated rings. The molecular formula is C8H14N2O. The fourth-order valence-electron chi connectivity index (χ4n) is 1.03. The minimum absolute atomic E-state index is 0.482. The number of rotatable bonds is 3. The van der Waals surface area contributed by atoms with Crippen LogP contribution in [0.25, 0.3) is 0 Å². The molecule has 0 aromatic carbocycles. The van der Waals surface area contributed by atoms with E-state index in [1.807, 2.05) is 20.2 Å². The van der Waals surface area contributed by atoms with E-state index >= 15 is 0 Å². The zero-order valence-corrected chi connectivity index (χ0v) is 7.00. The number of hydrogen-bond acceptors (Lipinski definition) is 3. The van der Waals surface area contributed by atoms with E-state index in [-0.39, 0.29) is 0 Å². The third kappa shape index (κ3) is 2.06. The van der Waals surface area contributed by atoms with Gasteiger partial charge in [-0.15, -0.1) is 0 Å². The Balaban J connectivity index is 2.68. The van der Waals surface area contributed by atoms with E-state index in [2.05, 4.69) is 4.90 Å². The van der Waals surface area contributed by atoms with Crippen LogP contribution in [0.3, 0.4) is 0 Å². The highest BCUT2D eigenvalue weighted by Gasteiger charge is 2.03. The molecular weight excluding hydrogens is 140 g/mol. The molecule has 3 heteroatoms. The van der Waals surface area contributed by atoms with Gasteiger partial charge in [0.25, 0.3) is 0 Å². The minimum Gasteiger partial charge on any atom is -0.468 e. The van der Waals surface area contributed by atoms with Crippen molar-refractivity contribution < 1.29 is 4.42 Å². The van der Waals surface area contributed by atoms with E-state index in [9.17, 15) is 0 Å². The lowest BCUT2D eigenvalue weighted by molar-refractivity contribution is 0.394. The molecule has 0 aliphatic rings. The summed E-state index contributed by atoms with van der Waals surface area (Å²) >= 11 is 0. The lowest BCUT2D eigenvalue weighted by Gasteiger charge is -2.07. The van der Waals surface area contributed by atoms with E-state index in [1.54, 1.807) is 6.26 Å². The normalized spacial score (nSPS) is 10.9. The van der Waals surface area contributed by atoms with Crippen molar-refractivity contribution in [2.75, 3.05) is 14.1 Å². The summed E-state index contributed by atoms with van der Waals surface area (Å²) in [4.78, 5) is 2.09. The molecule has 0 aliphatic carbocycles. The zero-order chi connectivity index (χ0) is 8.27. The van der Waals surface area contributed by atoms with Crippen LogP contribution in [0.5, 0.6) is 0 Å². The van der Waals surface area contributed by atoms with Crippen molar-refractivity contribution in [3.05, 3.63) is 23.7 Å². The van der Waals surface area contributed by atoms with Gasteiger partial charge in [-0.1, -0.05) is 0 Å². The Labute approximate surface area is 66.8 Å². The van der Waals surface area contributed by atoms with Crippen molar-refractivity contribution in [1.29, 1.82) is 0 Å². The smallest absolute Gasteiger partial charge is 0.121 e. The van der Waals surface area contributed by atoms with E-state index in [1.165, 1.54) is 5.56 Å². The van der Waals surface area contributed by atoms with Gasteiger partial charge in [-0.25, -0.2) is 0 Å². The van der Waals surface area contributed by atoms with Crippen LogP contribution in [0.2, 0.25) is 0 Å². The van der Waals surface area contributed by atoms with E-state index in [0.717, 1.165) is 12.3 Å². The monoisotopic (exact) mass is 154 g/mol. The second-order valence-corrected chi connectivity index (χ2v) is 2.81. The second kappa shape index (κ2) is 3.55. The fourth-order valence-corrected chi connectivity index (χ4v) is 1.03. The molecule has 0 unspecified atom stereocenters. The summed E-state index contributed by atoms with van der Waals surface area (Å²) in [7, 11) is 4.04. The molecule has 2 N–H and O–H groups in total. The van der Waals surface area contributed by atoms with Crippen LogP contribution in [0.4, 0.5) is 0 Å². The summed E-state index contributed by atoms with van der Waals surface area (Å²) in [6, 6.07) is 1.96. The van der Waals surface area contributed by atoms with Crippen molar-refractivity contribution in [2.45, 2.75) is 13.1 Å². The first-order valence-corrected chi connectivity index (χ1v) is 3.64. The summed E-state index contributed by atoms with van der Waals surface area (Å²) in [5.74, 6) is 0.888. The van der Waals surface area contributed by atoms with Crippen LogP contribution in [-0.2, 0) is 13.1 Å². The summed E-state index contributed by atoms with van der Waals surface area (Å²) in [5, 5.41) is 0. The van der Waals surface area contributed by atoms with Gasteiger partial charge < -0.3 is 15.1 Å². The number of nitrogens with zero attached hydrogens (tertiary/aromatic N) is 1. The molecule has 0 bridgehead atoms. The predicted molar refractivity (Wildman–Crippen MR) is 44.0 cm³/mol. The molecule has 0 aliphatic heterocycles. The lowest BCUT2D eigenvalue weighted by Crippen LogP contribution is -2.12. The Morgan fingerprint density at radius 1 is 1.55 bits per heavy atom. The topological polar surface area (TPSA) is 42.4 Å².